The first-order valence-electron chi connectivity index (χ1n) is 6.61. The Labute approximate surface area is 136 Å². The molecule has 20 heavy (non-hydrogen) atoms. The number of hydrogen-bond acceptors (Lipinski definition) is 5. The molecule has 1 unspecified atom stereocenters. The number of aromatic nitrogens is 2. The minimum Gasteiger partial charge on any atom is -0.310 e. The molecule has 1 aromatic heterocycles. The van der Waals surface area contributed by atoms with Crippen LogP contribution in [0.3, 0.4) is 0 Å². The quantitative estimate of drug-likeness (QED) is 0.789. The lowest BCUT2D eigenvalue weighted by molar-refractivity contribution is 0.563. The molecule has 0 saturated carbocycles. The highest BCUT2D eigenvalue weighted by atomic mass is 79.9. The van der Waals surface area contributed by atoms with Crippen LogP contribution in [-0.2, 0) is 0 Å². The van der Waals surface area contributed by atoms with Gasteiger partial charge in [-0.05, 0) is 62.1 Å². The molecule has 0 aliphatic rings. The first kappa shape index (κ1) is 15.9. The fourth-order valence-corrected chi connectivity index (χ4v) is 4.02. The van der Waals surface area contributed by atoms with Crippen molar-refractivity contribution >= 4 is 39.2 Å². The third-order valence-corrected chi connectivity index (χ3v) is 5.27. The Hall–Kier alpha value is -0.430. The standard InChI is InChI=1S/C14H18BrN3S2/c1-4-7-16-9(2)12-8-11(15)5-6-13(12)19-14-17-10(3)18-20-14/h5-6,8-9,16H,4,7H2,1-3H3. The van der Waals surface area contributed by atoms with E-state index in [2.05, 4.69) is 62.7 Å². The van der Waals surface area contributed by atoms with Gasteiger partial charge in [0.15, 0.2) is 4.34 Å². The van der Waals surface area contributed by atoms with Crippen LogP contribution < -0.4 is 5.32 Å². The van der Waals surface area contributed by atoms with Gasteiger partial charge in [-0.3, -0.25) is 0 Å². The lowest BCUT2D eigenvalue weighted by Crippen LogP contribution is -2.19. The summed E-state index contributed by atoms with van der Waals surface area (Å²) in [4.78, 5) is 5.67. The van der Waals surface area contributed by atoms with E-state index in [1.165, 1.54) is 22.0 Å². The van der Waals surface area contributed by atoms with Gasteiger partial charge in [-0.25, -0.2) is 4.98 Å². The van der Waals surface area contributed by atoms with Crippen molar-refractivity contribution < 1.29 is 0 Å². The first-order chi connectivity index (χ1) is 9.60. The van der Waals surface area contributed by atoms with E-state index in [9.17, 15) is 0 Å². The van der Waals surface area contributed by atoms with E-state index in [0.29, 0.717) is 6.04 Å². The zero-order valence-corrected chi connectivity index (χ0v) is 15.0. The second-order valence-corrected chi connectivity index (χ2v) is 7.52. The Morgan fingerprint density at radius 3 is 2.90 bits per heavy atom. The molecule has 1 atom stereocenters. The van der Waals surface area contributed by atoms with Crippen molar-refractivity contribution in [3.63, 3.8) is 0 Å². The molecule has 0 bridgehead atoms. The summed E-state index contributed by atoms with van der Waals surface area (Å²) < 4.78 is 6.34. The monoisotopic (exact) mass is 371 g/mol. The topological polar surface area (TPSA) is 37.8 Å². The predicted octanol–water partition coefficient (Wildman–Crippen LogP) is 4.82. The molecule has 2 aromatic rings. The Morgan fingerprint density at radius 1 is 1.45 bits per heavy atom. The van der Waals surface area contributed by atoms with Gasteiger partial charge >= 0.3 is 0 Å². The lowest BCUT2D eigenvalue weighted by Gasteiger charge is -2.17. The Morgan fingerprint density at radius 2 is 2.25 bits per heavy atom. The van der Waals surface area contributed by atoms with Gasteiger partial charge in [-0.1, -0.05) is 34.6 Å². The third kappa shape index (κ3) is 4.28. The zero-order chi connectivity index (χ0) is 14.5. The van der Waals surface area contributed by atoms with Crippen LogP contribution in [0.15, 0.2) is 31.9 Å². The zero-order valence-electron chi connectivity index (χ0n) is 11.8. The van der Waals surface area contributed by atoms with E-state index in [0.717, 1.165) is 27.6 Å². The summed E-state index contributed by atoms with van der Waals surface area (Å²) in [7, 11) is 0. The minimum atomic E-state index is 0.323. The van der Waals surface area contributed by atoms with E-state index in [1.54, 1.807) is 11.8 Å². The maximum absolute atomic E-state index is 4.43. The molecular weight excluding hydrogens is 354 g/mol. The molecule has 0 amide bonds. The highest BCUT2D eigenvalue weighted by Crippen LogP contribution is 2.35. The molecule has 0 saturated heterocycles. The van der Waals surface area contributed by atoms with E-state index < -0.39 is 0 Å². The number of hydrogen-bond donors (Lipinski definition) is 1. The molecule has 0 aliphatic heterocycles. The average molecular weight is 372 g/mol. The number of nitrogens with one attached hydrogen (secondary N) is 1. The number of rotatable bonds is 6. The SMILES string of the molecule is CCCNC(C)c1cc(Br)ccc1Sc1nc(C)ns1. The van der Waals surface area contributed by atoms with Crippen molar-refractivity contribution in [2.24, 2.45) is 0 Å². The number of halogens is 1. The first-order valence-corrected chi connectivity index (χ1v) is 8.99. The van der Waals surface area contributed by atoms with E-state index >= 15 is 0 Å². The fourth-order valence-electron chi connectivity index (χ4n) is 1.84. The summed E-state index contributed by atoms with van der Waals surface area (Å²) in [5.74, 6) is 0.841. The predicted molar refractivity (Wildman–Crippen MR) is 89.6 cm³/mol. The maximum Gasteiger partial charge on any atom is 0.174 e. The second kappa shape index (κ2) is 7.54. The Kier molecular flexibility index (Phi) is 6.01. The molecule has 1 heterocycles. The maximum atomic E-state index is 4.43. The molecule has 0 spiro atoms. The minimum absolute atomic E-state index is 0.323. The van der Waals surface area contributed by atoms with Gasteiger partial charge < -0.3 is 5.32 Å². The van der Waals surface area contributed by atoms with E-state index in [4.69, 9.17) is 0 Å². The van der Waals surface area contributed by atoms with Crippen molar-refractivity contribution in [1.82, 2.24) is 14.7 Å². The summed E-state index contributed by atoms with van der Waals surface area (Å²) in [5.41, 5.74) is 1.30. The highest BCUT2D eigenvalue weighted by Gasteiger charge is 2.13. The van der Waals surface area contributed by atoms with Crippen LogP contribution >= 0.6 is 39.2 Å². The number of aryl methyl sites for hydroxylation is 1. The van der Waals surface area contributed by atoms with Crippen LogP contribution in [0.4, 0.5) is 0 Å². The molecule has 0 aliphatic carbocycles. The van der Waals surface area contributed by atoms with Crippen LogP contribution in [0.1, 0.15) is 37.7 Å². The van der Waals surface area contributed by atoms with Crippen molar-refractivity contribution in [1.29, 1.82) is 0 Å². The van der Waals surface area contributed by atoms with E-state index in [1.807, 2.05) is 6.92 Å². The number of benzene rings is 1. The molecule has 3 nitrogen and oxygen atoms in total. The van der Waals surface area contributed by atoms with Gasteiger partial charge in [0.1, 0.15) is 5.82 Å². The Balaban J connectivity index is 2.23. The molecule has 1 N–H and O–H groups in total. The molecule has 108 valence electrons. The molecule has 0 radical (unpaired) electrons. The van der Waals surface area contributed by atoms with Crippen LogP contribution in [0, 0.1) is 6.92 Å². The molecule has 1 aromatic carbocycles. The van der Waals surface area contributed by atoms with Crippen LogP contribution in [-0.4, -0.2) is 15.9 Å². The van der Waals surface area contributed by atoms with Crippen molar-refractivity contribution in [3.8, 4) is 0 Å². The summed E-state index contributed by atoms with van der Waals surface area (Å²) in [6.45, 7) is 7.33. The number of nitrogens with zero attached hydrogens (tertiary/aromatic N) is 2. The second-order valence-electron chi connectivity index (χ2n) is 4.57. The van der Waals surface area contributed by atoms with Crippen molar-refractivity contribution in [2.75, 3.05) is 6.54 Å². The van der Waals surface area contributed by atoms with E-state index in [-0.39, 0.29) is 0 Å². The van der Waals surface area contributed by atoms with Crippen LogP contribution in [0.5, 0.6) is 0 Å². The van der Waals surface area contributed by atoms with Crippen LogP contribution in [0.2, 0.25) is 0 Å². The van der Waals surface area contributed by atoms with Gasteiger partial charge in [0, 0.05) is 15.4 Å². The van der Waals surface area contributed by atoms with Gasteiger partial charge in [0.05, 0.1) is 0 Å². The highest BCUT2D eigenvalue weighted by molar-refractivity contribution is 9.10. The molecule has 6 heteroatoms. The summed E-state index contributed by atoms with van der Waals surface area (Å²) in [6.07, 6.45) is 1.14. The largest absolute Gasteiger partial charge is 0.310 e. The molecular formula is C14H18BrN3S2. The van der Waals surface area contributed by atoms with Crippen LogP contribution in [0.25, 0.3) is 0 Å². The molecule has 0 fully saturated rings. The smallest absolute Gasteiger partial charge is 0.174 e. The van der Waals surface area contributed by atoms with Crippen molar-refractivity contribution in [2.45, 2.75) is 42.5 Å². The normalized spacial score (nSPS) is 12.6. The fraction of sp³-hybridized carbons (Fsp3) is 0.429. The van der Waals surface area contributed by atoms with Crippen molar-refractivity contribution in [3.05, 3.63) is 34.1 Å². The summed E-state index contributed by atoms with van der Waals surface area (Å²) >= 11 is 6.71. The summed E-state index contributed by atoms with van der Waals surface area (Å²) in [6, 6.07) is 6.73. The molecule has 2 rings (SSSR count). The van der Waals surface area contributed by atoms with Gasteiger partial charge in [-0.15, -0.1) is 0 Å². The van der Waals surface area contributed by atoms with Gasteiger partial charge in [0.25, 0.3) is 0 Å². The third-order valence-electron chi connectivity index (χ3n) is 2.85. The summed E-state index contributed by atoms with van der Waals surface area (Å²) in [5, 5.41) is 3.54. The Bertz CT molecular complexity index is 571. The average Bonchev–Trinajstić information content (AvgIpc) is 2.83. The van der Waals surface area contributed by atoms with Gasteiger partial charge in [0.2, 0.25) is 0 Å². The lowest BCUT2D eigenvalue weighted by atomic mass is 10.1. The van der Waals surface area contributed by atoms with Gasteiger partial charge in [-0.2, -0.15) is 4.37 Å².